The van der Waals surface area contributed by atoms with Gasteiger partial charge in [-0.1, -0.05) is 32.4 Å². The van der Waals surface area contributed by atoms with Crippen molar-refractivity contribution >= 4 is 0 Å². The van der Waals surface area contributed by atoms with E-state index in [0.717, 1.165) is 24.1 Å². The Kier molecular flexibility index (Phi) is 5.20. The second kappa shape index (κ2) is 6.23. The van der Waals surface area contributed by atoms with Crippen molar-refractivity contribution in [3.63, 3.8) is 0 Å². The van der Waals surface area contributed by atoms with Crippen LogP contribution in [0.25, 0.3) is 0 Å². The van der Waals surface area contributed by atoms with E-state index in [4.69, 9.17) is 0 Å². The molecule has 1 aromatic carbocycles. The van der Waals surface area contributed by atoms with Crippen molar-refractivity contribution in [1.29, 1.82) is 0 Å². The molecule has 102 valence electrons. The highest BCUT2D eigenvalue weighted by Gasteiger charge is 2.29. The summed E-state index contributed by atoms with van der Waals surface area (Å²) in [5.41, 5.74) is 0.0847. The van der Waals surface area contributed by atoms with Crippen molar-refractivity contribution in [2.45, 2.75) is 45.4 Å². The van der Waals surface area contributed by atoms with Crippen LogP contribution in [0.1, 0.15) is 37.8 Å². The third-order valence-corrected chi connectivity index (χ3v) is 3.12. The van der Waals surface area contributed by atoms with E-state index in [1.165, 1.54) is 12.1 Å². The van der Waals surface area contributed by atoms with Gasteiger partial charge >= 0.3 is 6.18 Å². The number of aliphatic hydroxyl groups excluding tert-OH is 1. The predicted molar refractivity (Wildman–Crippen MR) is 65.2 cm³/mol. The molecule has 1 aromatic rings. The van der Waals surface area contributed by atoms with Crippen molar-refractivity contribution in [2.75, 3.05) is 0 Å². The number of halogens is 3. The minimum absolute atomic E-state index is 0.405. The Hall–Kier alpha value is -1.03. The lowest BCUT2D eigenvalue weighted by atomic mass is 9.96. The largest absolute Gasteiger partial charge is 0.416 e. The van der Waals surface area contributed by atoms with Crippen LogP contribution in [0.15, 0.2) is 24.3 Å². The molecule has 0 saturated heterocycles. The Balaban J connectivity index is 2.58. The zero-order valence-electron chi connectivity index (χ0n) is 10.7. The van der Waals surface area contributed by atoms with E-state index in [-0.39, 0.29) is 0 Å². The van der Waals surface area contributed by atoms with Gasteiger partial charge in [0, 0.05) is 0 Å². The van der Waals surface area contributed by atoms with Crippen molar-refractivity contribution in [1.82, 2.24) is 0 Å². The first-order chi connectivity index (χ1) is 8.32. The van der Waals surface area contributed by atoms with Crippen LogP contribution in [0, 0.1) is 5.92 Å². The van der Waals surface area contributed by atoms with E-state index >= 15 is 0 Å². The quantitative estimate of drug-likeness (QED) is 0.847. The Morgan fingerprint density at radius 2 is 1.72 bits per heavy atom. The SMILES string of the molecule is CCC(C)CC(O)Cc1ccc(C(F)(F)F)cc1. The van der Waals surface area contributed by atoms with Crippen LogP contribution in [0.4, 0.5) is 13.2 Å². The standard InChI is InChI=1S/C14H19F3O/c1-3-10(2)8-13(18)9-11-4-6-12(7-5-11)14(15,16)17/h4-7,10,13,18H,3,8-9H2,1-2H3. The van der Waals surface area contributed by atoms with Crippen LogP contribution in [0.5, 0.6) is 0 Å². The second-order valence-electron chi connectivity index (χ2n) is 4.80. The summed E-state index contributed by atoms with van der Waals surface area (Å²) in [6.45, 7) is 4.10. The second-order valence-corrected chi connectivity index (χ2v) is 4.80. The molecule has 0 heterocycles. The minimum atomic E-state index is -4.30. The molecular formula is C14H19F3O. The summed E-state index contributed by atoms with van der Waals surface area (Å²) in [5.74, 6) is 0.425. The maximum atomic E-state index is 12.4. The van der Waals surface area contributed by atoms with Crippen LogP contribution in [0.2, 0.25) is 0 Å². The molecule has 1 nitrogen and oxygen atoms in total. The third-order valence-electron chi connectivity index (χ3n) is 3.12. The van der Waals surface area contributed by atoms with Gasteiger partial charge in [0.25, 0.3) is 0 Å². The van der Waals surface area contributed by atoms with Crippen LogP contribution < -0.4 is 0 Å². The van der Waals surface area contributed by atoms with Gasteiger partial charge in [0.1, 0.15) is 0 Å². The molecule has 2 unspecified atom stereocenters. The fraction of sp³-hybridized carbons (Fsp3) is 0.571. The fourth-order valence-corrected chi connectivity index (χ4v) is 1.82. The average molecular weight is 260 g/mol. The first-order valence-electron chi connectivity index (χ1n) is 6.17. The molecule has 0 aliphatic carbocycles. The zero-order valence-corrected chi connectivity index (χ0v) is 10.7. The van der Waals surface area contributed by atoms with Gasteiger partial charge in [0.2, 0.25) is 0 Å². The average Bonchev–Trinajstić information content (AvgIpc) is 2.28. The predicted octanol–water partition coefficient (Wildman–Crippen LogP) is 4.05. The highest BCUT2D eigenvalue weighted by Crippen LogP contribution is 2.29. The van der Waals surface area contributed by atoms with Crippen LogP contribution in [-0.4, -0.2) is 11.2 Å². The molecular weight excluding hydrogens is 241 g/mol. The highest BCUT2D eigenvalue weighted by molar-refractivity contribution is 5.25. The Morgan fingerprint density at radius 1 is 1.17 bits per heavy atom. The molecule has 1 N–H and O–H groups in total. The summed E-state index contributed by atoms with van der Waals surface area (Å²) in [6.07, 6.45) is -2.71. The Morgan fingerprint density at radius 3 is 2.17 bits per heavy atom. The molecule has 0 aromatic heterocycles. The van der Waals surface area contributed by atoms with E-state index in [9.17, 15) is 18.3 Å². The first-order valence-corrected chi connectivity index (χ1v) is 6.17. The fourth-order valence-electron chi connectivity index (χ4n) is 1.82. The lowest BCUT2D eigenvalue weighted by Crippen LogP contribution is -2.14. The van der Waals surface area contributed by atoms with Crippen LogP contribution >= 0.6 is 0 Å². The minimum Gasteiger partial charge on any atom is -0.393 e. The molecule has 0 amide bonds. The lowest BCUT2D eigenvalue weighted by Gasteiger charge is -2.15. The number of benzene rings is 1. The summed E-state index contributed by atoms with van der Waals surface area (Å²) in [6, 6.07) is 4.99. The van der Waals surface area contributed by atoms with Crippen molar-refractivity contribution in [3.05, 3.63) is 35.4 Å². The summed E-state index contributed by atoms with van der Waals surface area (Å²) < 4.78 is 37.1. The number of hydrogen-bond acceptors (Lipinski definition) is 1. The monoisotopic (exact) mass is 260 g/mol. The molecule has 0 spiro atoms. The molecule has 1 rings (SSSR count). The van der Waals surface area contributed by atoms with Crippen molar-refractivity contribution < 1.29 is 18.3 Å². The van der Waals surface area contributed by atoms with E-state index in [1.807, 2.05) is 0 Å². The van der Waals surface area contributed by atoms with Crippen LogP contribution in [0.3, 0.4) is 0 Å². The first kappa shape index (κ1) is 15.0. The molecule has 0 radical (unpaired) electrons. The van der Waals surface area contributed by atoms with Gasteiger partial charge in [-0.05, 0) is 36.5 Å². The number of hydrogen-bond donors (Lipinski definition) is 1. The summed E-state index contributed by atoms with van der Waals surface area (Å²) in [5, 5.41) is 9.81. The molecule has 0 aliphatic heterocycles. The van der Waals surface area contributed by atoms with Gasteiger partial charge in [0.15, 0.2) is 0 Å². The van der Waals surface area contributed by atoms with E-state index < -0.39 is 17.8 Å². The summed E-state index contributed by atoms with van der Waals surface area (Å²) >= 11 is 0. The number of aliphatic hydroxyl groups is 1. The van der Waals surface area contributed by atoms with Crippen molar-refractivity contribution in [3.8, 4) is 0 Å². The maximum absolute atomic E-state index is 12.4. The number of alkyl halides is 3. The van der Waals surface area contributed by atoms with Crippen molar-refractivity contribution in [2.24, 2.45) is 5.92 Å². The van der Waals surface area contributed by atoms with E-state index in [2.05, 4.69) is 13.8 Å². The summed E-state index contributed by atoms with van der Waals surface area (Å²) in [7, 11) is 0. The molecule has 4 heteroatoms. The molecule has 0 fully saturated rings. The van der Waals surface area contributed by atoms with Gasteiger partial charge in [-0.3, -0.25) is 0 Å². The smallest absolute Gasteiger partial charge is 0.393 e. The van der Waals surface area contributed by atoms with Crippen LogP contribution in [-0.2, 0) is 12.6 Å². The highest BCUT2D eigenvalue weighted by atomic mass is 19.4. The molecule has 0 bridgehead atoms. The molecule has 2 atom stereocenters. The maximum Gasteiger partial charge on any atom is 0.416 e. The van der Waals surface area contributed by atoms with Gasteiger partial charge in [-0.15, -0.1) is 0 Å². The third kappa shape index (κ3) is 4.69. The lowest BCUT2D eigenvalue weighted by molar-refractivity contribution is -0.137. The van der Waals surface area contributed by atoms with Gasteiger partial charge in [-0.25, -0.2) is 0 Å². The van der Waals surface area contributed by atoms with Gasteiger partial charge < -0.3 is 5.11 Å². The Bertz CT molecular complexity index is 356. The normalized spacial score (nSPS) is 15.4. The molecule has 0 aliphatic rings. The van der Waals surface area contributed by atoms with E-state index in [1.54, 1.807) is 0 Å². The molecule has 0 saturated carbocycles. The van der Waals surface area contributed by atoms with E-state index in [0.29, 0.717) is 18.8 Å². The Labute approximate surface area is 106 Å². The number of rotatable bonds is 5. The van der Waals surface area contributed by atoms with Gasteiger partial charge in [0.05, 0.1) is 11.7 Å². The topological polar surface area (TPSA) is 20.2 Å². The van der Waals surface area contributed by atoms with Gasteiger partial charge in [-0.2, -0.15) is 13.2 Å². The summed E-state index contributed by atoms with van der Waals surface area (Å²) in [4.78, 5) is 0. The zero-order chi connectivity index (χ0) is 13.8. The molecule has 18 heavy (non-hydrogen) atoms.